The molecule has 0 spiro atoms. The van der Waals surface area contributed by atoms with Crippen LogP contribution in [0, 0.1) is 6.92 Å². The Balaban J connectivity index is 2.24. The van der Waals surface area contributed by atoms with Gasteiger partial charge in [0.15, 0.2) is 0 Å². The number of fused-ring (bicyclic) bond motifs is 4. The summed E-state index contributed by atoms with van der Waals surface area (Å²) in [6.07, 6.45) is 0. The van der Waals surface area contributed by atoms with Crippen molar-refractivity contribution in [3.05, 3.63) is 60.2 Å². The Labute approximate surface area is 121 Å². The highest BCUT2D eigenvalue weighted by Gasteiger charge is 2.08. The van der Waals surface area contributed by atoms with Gasteiger partial charge >= 0.3 is 0 Å². The van der Waals surface area contributed by atoms with Crippen LogP contribution >= 0.6 is 0 Å². The lowest BCUT2D eigenvalue weighted by molar-refractivity contribution is 0.475. The van der Waals surface area contributed by atoms with Crippen molar-refractivity contribution in [3.8, 4) is 11.5 Å². The molecule has 4 aromatic rings. The molecule has 0 aliphatic heterocycles. The van der Waals surface area contributed by atoms with Crippen molar-refractivity contribution < 1.29 is 10.2 Å². The van der Waals surface area contributed by atoms with Crippen molar-refractivity contribution in [2.24, 2.45) is 0 Å². The minimum absolute atomic E-state index is 0.282. The van der Waals surface area contributed by atoms with Gasteiger partial charge in [0.25, 0.3) is 0 Å². The highest BCUT2D eigenvalue weighted by Crippen LogP contribution is 2.35. The zero-order chi connectivity index (χ0) is 14.6. The van der Waals surface area contributed by atoms with Crippen molar-refractivity contribution in [1.29, 1.82) is 0 Å². The number of phenolic OH excluding ortho intramolecular Hbond substituents is 2. The topological polar surface area (TPSA) is 40.5 Å². The molecule has 0 atom stereocenters. The number of benzene rings is 4. The number of aryl methyl sites for hydroxylation is 1. The molecular weight excluding hydrogens is 260 g/mol. The SMILES string of the molecule is Cc1c2cc(O)ccc2cc2c1ccc1cc(O)ccc12. The monoisotopic (exact) mass is 274 g/mol. The number of rotatable bonds is 0. The van der Waals surface area contributed by atoms with Crippen LogP contribution in [-0.2, 0) is 0 Å². The van der Waals surface area contributed by atoms with Crippen LogP contribution in [0.25, 0.3) is 32.3 Å². The van der Waals surface area contributed by atoms with Crippen LogP contribution in [0.2, 0.25) is 0 Å². The van der Waals surface area contributed by atoms with Gasteiger partial charge < -0.3 is 10.2 Å². The van der Waals surface area contributed by atoms with Crippen molar-refractivity contribution in [2.75, 3.05) is 0 Å². The fourth-order valence-electron chi connectivity index (χ4n) is 3.12. The summed E-state index contributed by atoms with van der Waals surface area (Å²) < 4.78 is 0. The van der Waals surface area contributed by atoms with Gasteiger partial charge in [0.1, 0.15) is 11.5 Å². The molecule has 0 heterocycles. The summed E-state index contributed by atoms with van der Waals surface area (Å²) in [4.78, 5) is 0. The number of hydrogen-bond acceptors (Lipinski definition) is 2. The fourth-order valence-corrected chi connectivity index (χ4v) is 3.12. The molecular formula is C19H14O2. The van der Waals surface area contributed by atoms with E-state index in [9.17, 15) is 10.2 Å². The van der Waals surface area contributed by atoms with Gasteiger partial charge in [-0.2, -0.15) is 0 Å². The maximum Gasteiger partial charge on any atom is 0.116 e. The molecule has 102 valence electrons. The van der Waals surface area contributed by atoms with E-state index in [0.29, 0.717) is 0 Å². The van der Waals surface area contributed by atoms with Crippen LogP contribution in [-0.4, -0.2) is 10.2 Å². The zero-order valence-corrected chi connectivity index (χ0v) is 11.6. The highest BCUT2D eigenvalue weighted by atomic mass is 16.3. The Morgan fingerprint density at radius 3 is 2.05 bits per heavy atom. The first-order valence-corrected chi connectivity index (χ1v) is 6.91. The van der Waals surface area contributed by atoms with E-state index < -0.39 is 0 Å². The predicted octanol–water partition coefficient (Wildman–Crippen LogP) is 4.87. The van der Waals surface area contributed by atoms with Gasteiger partial charge in [0.2, 0.25) is 0 Å². The molecule has 0 saturated heterocycles. The minimum atomic E-state index is 0.282. The molecule has 0 unspecified atom stereocenters. The molecule has 21 heavy (non-hydrogen) atoms. The Kier molecular flexibility index (Phi) is 2.36. The molecule has 0 aliphatic carbocycles. The molecule has 4 aromatic carbocycles. The van der Waals surface area contributed by atoms with E-state index in [-0.39, 0.29) is 11.5 Å². The van der Waals surface area contributed by atoms with Crippen LogP contribution in [0.4, 0.5) is 0 Å². The lowest BCUT2D eigenvalue weighted by Gasteiger charge is -2.11. The predicted molar refractivity (Wildman–Crippen MR) is 87.0 cm³/mol. The fraction of sp³-hybridized carbons (Fsp3) is 0.0526. The van der Waals surface area contributed by atoms with Gasteiger partial charge in [-0.1, -0.05) is 24.3 Å². The summed E-state index contributed by atoms with van der Waals surface area (Å²) >= 11 is 0. The summed E-state index contributed by atoms with van der Waals surface area (Å²) in [5, 5.41) is 26.0. The second kappa shape index (κ2) is 4.13. The molecule has 2 N–H and O–H groups in total. The maximum absolute atomic E-state index is 9.70. The Morgan fingerprint density at radius 1 is 0.571 bits per heavy atom. The summed E-state index contributed by atoms with van der Waals surface area (Å²) in [5.74, 6) is 0.569. The van der Waals surface area contributed by atoms with Gasteiger partial charge in [-0.25, -0.2) is 0 Å². The first-order valence-electron chi connectivity index (χ1n) is 6.91. The quantitative estimate of drug-likeness (QED) is 0.355. The Hall–Kier alpha value is -2.74. The van der Waals surface area contributed by atoms with Crippen LogP contribution in [0.5, 0.6) is 11.5 Å². The van der Waals surface area contributed by atoms with Gasteiger partial charge in [0, 0.05) is 0 Å². The summed E-state index contributed by atoms with van der Waals surface area (Å²) in [6, 6.07) is 17.2. The maximum atomic E-state index is 9.70. The second-order valence-electron chi connectivity index (χ2n) is 5.47. The zero-order valence-electron chi connectivity index (χ0n) is 11.6. The van der Waals surface area contributed by atoms with Gasteiger partial charge in [0.05, 0.1) is 0 Å². The van der Waals surface area contributed by atoms with E-state index in [2.05, 4.69) is 19.1 Å². The van der Waals surface area contributed by atoms with Crippen molar-refractivity contribution in [2.45, 2.75) is 6.92 Å². The molecule has 0 amide bonds. The standard InChI is InChI=1S/C19H14O2/c1-11-16-6-3-12-8-14(20)5-7-17(12)19(16)9-13-2-4-15(21)10-18(11)13/h2-10,20-21H,1H3. The molecule has 0 aliphatic rings. The number of aromatic hydroxyl groups is 2. The van der Waals surface area contributed by atoms with Gasteiger partial charge in [-0.15, -0.1) is 0 Å². The van der Waals surface area contributed by atoms with Crippen molar-refractivity contribution >= 4 is 32.3 Å². The highest BCUT2D eigenvalue weighted by molar-refractivity contribution is 6.14. The normalized spacial score (nSPS) is 11.5. The average Bonchev–Trinajstić information content (AvgIpc) is 2.47. The molecule has 0 fully saturated rings. The van der Waals surface area contributed by atoms with Gasteiger partial charge in [-0.3, -0.25) is 0 Å². The van der Waals surface area contributed by atoms with E-state index in [1.807, 2.05) is 24.3 Å². The summed E-state index contributed by atoms with van der Waals surface area (Å²) in [6.45, 7) is 2.08. The van der Waals surface area contributed by atoms with E-state index in [1.54, 1.807) is 18.2 Å². The largest absolute Gasteiger partial charge is 0.508 e. The average molecular weight is 274 g/mol. The molecule has 2 nitrogen and oxygen atoms in total. The molecule has 0 saturated carbocycles. The Bertz CT molecular complexity index is 1020. The summed E-state index contributed by atoms with van der Waals surface area (Å²) in [7, 11) is 0. The molecule has 0 aromatic heterocycles. The lowest BCUT2D eigenvalue weighted by Crippen LogP contribution is -1.85. The first-order chi connectivity index (χ1) is 10.1. The lowest BCUT2D eigenvalue weighted by atomic mass is 9.94. The molecule has 0 bridgehead atoms. The van der Waals surface area contributed by atoms with E-state index in [4.69, 9.17) is 0 Å². The van der Waals surface area contributed by atoms with Crippen molar-refractivity contribution in [1.82, 2.24) is 0 Å². The summed E-state index contributed by atoms with van der Waals surface area (Å²) in [5.41, 5.74) is 1.16. The third-order valence-corrected chi connectivity index (χ3v) is 4.19. The van der Waals surface area contributed by atoms with Crippen molar-refractivity contribution in [3.63, 3.8) is 0 Å². The van der Waals surface area contributed by atoms with Gasteiger partial charge in [-0.05, 0) is 75.1 Å². The molecule has 0 radical (unpaired) electrons. The smallest absolute Gasteiger partial charge is 0.116 e. The first kappa shape index (κ1) is 12.0. The van der Waals surface area contributed by atoms with E-state index in [0.717, 1.165) is 27.1 Å². The third-order valence-electron chi connectivity index (χ3n) is 4.19. The van der Waals surface area contributed by atoms with Crippen LogP contribution < -0.4 is 0 Å². The number of hydrogen-bond donors (Lipinski definition) is 2. The molecule has 4 rings (SSSR count). The van der Waals surface area contributed by atoms with Crippen LogP contribution in [0.3, 0.4) is 0 Å². The minimum Gasteiger partial charge on any atom is -0.508 e. The van der Waals surface area contributed by atoms with E-state index >= 15 is 0 Å². The van der Waals surface area contributed by atoms with E-state index in [1.165, 1.54) is 10.8 Å². The molecule has 2 heteroatoms. The second-order valence-corrected chi connectivity index (χ2v) is 5.47. The number of phenols is 2. The van der Waals surface area contributed by atoms with Crippen LogP contribution in [0.1, 0.15) is 5.56 Å². The third kappa shape index (κ3) is 1.73. The van der Waals surface area contributed by atoms with Crippen LogP contribution in [0.15, 0.2) is 54.6 Å². The Morgan fingerprint density at radius 2 is 1.19 bits per heavy atom.